The molecule has 1 aliphatic carbocycles. The number of fused-ring (bicyclic) bond motifs is 3. The number of hydrogen-bond donors (Lipinski definition) is 2. The van der Waals surface area contributed by atoms with Gasteiger partial charge in [0.15, 0.2) is 0 Å². The summed E-state index contributed by atoms with van der Waals surface area (Å²) in [5.41, 5.74) is 6.61. The number of aliphatic carboxylic acids is 1. The van der Waals surface area contributed by atoms with Crippen molar-refractivity contribution >= 4 is 12.1 Å². The van der Waals surface area contributed by atoms with Gasteiger partial charge in [-0.3, -0.25) is 0 Å². The molecule has 2 N–H and O–H groups in total. The summed E-state index contributed by atoms with van der Waals surface area (Å²) >= 11 is 0. The maximum atomic E-state index is 12.6. The number of carbonyl (C=O) groups is 2. The number of aryl methyl sites for hydroxylation is 2. The lowest BCUT2D eigenvalue weighted by Gasteiger charge is -2.17. The van der Waals surface area contributed by atoms with E-state index in [1.807, 2.05) is 62.4 Å². The molecule has 0 aliphatic heterocycles. The number of carbonyl (C=O) groups excluding carboxylic acids is 1. The average molecular weight is 512 g/mol. The molecule has 0 fully saturated rings. The molecular weight excluding hydrogens is 482 g/mol. The minimum absolute atomic E-state index is 0.0247. The van der Waals surface area contributed by atoms with Crippen LogP contribution in [0.3, 0.4) is 0 Å². The summed E-state index contributed by atoms with van der Waals surface area (Å²) in [5.74, 6) is 0.435. The van der Waals surface area contributed by atoms with Crippen LogP contribution >= 0.6 is 0 Å². The molecular formula is C31H29NO6. The highest BCUT2D eigenvalue weighted by atomic mass is 16.5. The van der Waals surface area contributed by atoms with E-state index in [1.54, 1.807) is 12.1 Å². The monoisotopic (exact) mass is 511 g/mol. The number of hydrogen-bond acceptors (Lipinski definition) is 5. The van der Waals surface area contributed by atoms with Gasteiger partial charge in [0, 0.05) is 12.3 Å². The Morgan fingerprint density at radius 3 is 2.13 bits per heavy atom. The molecule has 1 atom stereocenters. The molecule has 4 aromatic rings. The number of rotatable bonds is 9. The lowest BCUT2D eigenvalue weighted by atomic mass is 9.98. The molecule has 0 radical (unpaired) electrons. The predicted octanol–water partition coefficient (Wildman–Crippen LogP) is 6.01. The second kappa shape index (κ2) is 10.8. The van der Waals surface area contributed by atoms with Gasteiger partial charge in [-0.1, -0.05) is 54.6 Å². The second-order valence-electron chi connectivity index (χ2n) is 9.54. The average Bonchev–Trinajstić information content (AvgIpc) is 3.47. The molecule has 1 aliphatic rings. The van der Waals surface area contributed by atoms with E-state index in [-0.39, 0.29) is 25.6 Å². The highest BCUT2D eigenvalue weighted by Gasteiger charge is 2.30. The highest BCUT2D eigenvalue weighted by molar-refractivity contribution is 5.81. The van der Waals surface area contributed by atoms with Crippen molar-refractivity contribution in [1.82, 2.24) is 5.32 Å². The van der Waals surface area contributed by atoms with Crippen LogP contribution in [0.25, 0.3) is 11.1 Å². The zero-order chi connectivity index (χ0) is 26.6. The first kappa shape index (κ1) is 25.1. The summed E-state index contributed by atoms with van der Waals surface area (Å²) < 4.78 is 17.1. The third-order valence-corrected chi connectivity index (χ3v) is 6.63. The molecule has 0 saturated heterocycles. The molecule has 3 aromatic carbocycles. The van der Waals surface area contributed by atoms with Gasteiger partial charge < -0.3 is 24.3 Å². The predicted molar refractivity (Wildman–Crippen MR) is 142 cm³/mol. The van der Waals surface area contributed by atoms with Crippen LogP contribution in [0.5, 0.6) is 5.75 Å². The third-order valence-electron chi connectivity index (χ3n) is 6.63. The number of carboxylic acid groups (broad SMARTS) is 1. The van der Waals surface area contributed by atoms with Gasteiger partial charge in [-0.15, -0.1) is 0 Å². The lowest BCUT2D eigenvalue weighted by molar-refractivity contribution is -0.139. The van der Waals surface area contributed by atoms with E-state index in [1.165, 1.54) is 0 Å². The second-order valence-corrected chi connectivity index (χ2v) is 9.54. The van der Waals surface area contributed by atoms with Crippen molar-refractivity contribution in [3.8, 4) is 16.9 Å². The summed E-state index contributed by atoms with van der Waals surface area (Å²) in [6, 6.07) is 24.2. The van der Waals surface area contributed by atoms with Crippen LogP contribution in [-0.4, -0.2) is 29.8 Å². The van der Waals surface area contributed by atoms with E-state index < -0.39 is 18.1 Å². The first-order valence-electron chi connectivity index (χ1n) is 12.5. The van der Waals surface area contributed by atoms with Crippen LogP contribution in [0.15, 0.2) is 83.3 Å². The van der Waals surface area contributed by atoms with Crippen LogP contribution < -0.4 is 10.1 Å². The van der Waals surface area contributed by atoms with E-state index in [0.717, 1.165) is 39.1 Å². The van der Waals surface area contributed by atoms with Crippen molar-refractivity contribution in [1.29, 1.82) is 0 Å². The number of furan rings is 1. The topological polar surface area (TPSA) is 98.0 Å². The number of nitrogens with one attached hydrogen (secondary N) is 1. The summed E-state index contributed by atoms with van der Waals surface area (Å²) in [7, 11) is 0. The number of alkyl carbamates (subject to hydrolysis) is 1. The smallest absolute Gasteiger partial charge is 0.407 e. The lowest BCUT2D eigenvalue weighted by Crippen LogP contribution is -2.42. The van der Waals surface area contributed by atoms with Gasteiger partial charge in [-0.05, 0) is 71.5 Å². The Kier molecular flexibility index (Phi) is 7.18. The quantitative estimate of drug-likeness (QED) is 0.286. The Morgan fingerprint density at radius 2 is 1.50 bits per heavy atom. The fourth-order valence-corrected chi connectivity index (χ4v) is 4.96. The fraction of sp³-hybridized carbons (Fsp3) is 0.226. The first-order valence-corrected chi connectivity index (χ1v) is 12.5. The van der Waals surface area contributed by atoms with Gasteiger partial charge in [0.25, 0.3) is 0 Å². The first-order chi connectivity index (χ1) is 18.4. The summed E-state index contributed by atoms with van der Waals surface area (Å²) in [4.78, 5) is 24.5. The maximum absolute atomic E-state index is 12.6. The zero-order valence-electron chi connectivity index (χ0n) is 21.3. The number of carboxylic acids is 1. The van der Waals surface area contributed by atoms with E-state index >= 15 is 0 Å². The van der Waals surface area contributed by atoms with Crippen molar-refractivity contribution in [2.75, 3.05) is 6.61 Å². The molecule has 194 valence electrons. The number of amides is 1. The van der Waals surface area contributed by atoms with E-state index in [0.29, 0.717) is 11.5 Å². The largest absolute Gasteiger partial charge is 0.486 e. The van der Waals surface area contributed by atoms with Crippen molar-refractivity contribution < 1.29 is 28.6 Å². The van der Waals surface area contributed by atoms with E-state index in [9.17, 15) is 14.7 Å². The molecule has 38 heavy (non-hydrogen) atoms. The Hall–Kier alpha value is -4.52. The van der Waals surface area contributed by atoms with Crippen molar-refractivity contribution in [3.05, 3.63) is 113 Å². The molecule has 0 spiro atoms. The van der Waals surface area contributed by atoms with Crippen LogP contribution in [0.4, 0.5) is 4.79 Å². The Balaban J connectivity index is 1.17. The van der Waals surface area contributed by atoms with Crippen molar-refractivity contribution in [3.63, 3.8) is 0 Å². The van der Waals surface area contributed by atoms with Crippen molar-refractivity contribution in [2.24, 2.45) is 0 Å². The molecule has 7 heteroatoms. The van der Waals surface area contributed by atoms with Gasteiger partial charge in [0.05, 0.1) is 0 Å². The van der Waals surface area contributed by atoms with Crippen LogP contribution in [0.2, 0.25) is 0 Å². The highest BCUT2D eigenvalue weighted by Crippen LogP contribution is 2.44. The Labute approximate surface area is 221 Å². The molecule has 0 saturated carbocycles. The van der Waals surface area contributed by atoms with E-state index in [2.05, 4.69) is 23.5 Å². The van der Waals surface area contributed by atoms with Gasteiger partial charge >= 0.3 is 12.1 Å². The normalized spacial score (nSPS) is 12.9. The molecule has 1 unspecified atom stereocenters. The molecule has 7 nitrogen and oxygen atoms in total. The molecule has 0 bridgehead atoms. The molecule has 1 heterocycles. The Morgan fingerprint density at radius 1 is 0.895 bits per heavy atom. The van der Waals surface area contributed by atoms with Crippen LogP contribution in [0, 0.1) is 13.8 Å². The minimum Gasteiger partial charge on any atom is -0.486 e. The number of benzene rings is 3. The maximum Gasteiger partial charge on any atom is 0.407 e. The number of ether oxygens (including phenoxy) is 2. The Bertz CT molecular complexity index is 1410. The van der Waals surface area contributed by atoms with Gasteiger partial charge in [-0.25, -0.2) is 9.59 Å². The van der Waals surface area contributed by atoms with Gasteiger partial charge in [0.1, 0.15) is 36.5 Å². The third kappa shape index (κ3) is 5.57. The minimum atomic E-state index is -1.20. The van der Waals surface area contributed by atoms with Crippen LogP contribution in [-0.2, 0) is 22.6 Å². The summed E-state index contributed by atoms with van der Waals surface area (Å²) in [6.45, 7) is 4.31. The van der Waals surface area contributed by atoms with Gasteiger partial charge in [0.2, 0.25) is 0 Å². The summed E-state index contributed by atoms with van der Waals surface area (Å²) in [5, 5.41) is 12.2. The SMILES string of the molecule is Cc1cc(C)cc(OCc2ccc(CC(NC(=O)OCC3c4ccccc4-c4ccccc43)C(=O)O)o2)c1. The fourth-order valence-electron chi connectivity index (χ4n) is 4.96. The van der Waals surface area contributed by atoms with Crippen LogP contribution in [0.1, 0.15) is 39.7 Å². The van der Waals surface area contributed by atoms with E-state index in [4.69, 9.17) is 13.9 Å². The summed E-state index contributed by atoms with van der Waals surface area (Å²) in [6.07, 6.45) is -0.813. The van der Waals surface area contributed by atoms with Crippen molar-refractivity contribution in [2.45, 2.75) is 38.8 Å². The standard InChI is InChI=1S/C31H29NO6/c1-19-13-20(2)15-23(14-19)36-17-22-12-11-21(38-22)16-29(30(33)34)32-31(35)37-18-28-26-9-5-3-7-24(26)25-8-4-6-10-27(25)28/h3-15,28-29H,16-18H2,1-2H3,(H,32,35)(H,33,34). The molecule has 1 aromatic heterocycles. The zero-order valence-corrected chi connectivity index (χ0v) is 21.3. The van der Waals surface area contributed by atoms with Gasteiger partial charge in [-0.2, -0.15) is 0 Å². The molecule has 5 rings (SSSR count). The molecule has 1 amide bonds.